The van der Waals surface area contributed by atoms with Gasteiger partial charge in [-0.3, -0.25) is 9.89 Å². The van der Waals surface area contributed by atoms with Gasteiger partial charge in [-0.2, -0.15) is 11.3 Å². The second-order valence-electron chi connectivity index (χ2n) is 6.12. The van der Waals surface area contributed by atoms with E-state index in [0.29, 0.717) is 0 Å². The number of hydrogen-bond donors (Lipinski definition) is 2. The van der Waals surface area contributed by atoms with Crippen molar-refractivity contribution >= 4 is 41.3 Å². The van der Waals surface area contributed by atoms with Crippen molar-refractivity contribution in [1.29, 1.82) is 0 Å². The van der Waals surface area contributed by atoms with Crippen LogP contribution in [0, 0.1) is 0 Å². The first-order valence-electron chi connectivity index (χ1n) is 8.67. The van der Waals surface area contributed by atoms with Crippen molar-refractivity contribution in [2.45, 2.75) is 19.6 Å². The summed E-state index contributed by atoms with van der Waals surface area (Å²) in [6.07, 6.45) is 0. The zero-order valence-electron chi connectivity index (χ0n) is 15.1. The number of rotatable bonds is 6. The highest BCUT2D eigenvalue weighted by atomic mass is 127. The van der Waals surface area contributed by atoms with Gasteiger partial charge in [-0.05, 0) is 33.5 Å². The molecule has 2 aromatic rings. The molecule has 0 bridgehead atoms. The van der Waals surface area contributed by atoms with Crippen LogP contribution >= 0.6 is 35.3 Å². The first-order chi connectivity index (χ1) is 12.3. The first-order valence-corrected chi connectivity index (χ1v) is 9.61. The van der Waals surface area contributed by atoms with E-state index in [-0.39, 0.29) is 24.0 Å². The number of nitrogens with zero attached hydrogens (tertiary/aromatic N) is 2. The number of morpholine rings is 1. The Hall–Kier alpha value is -1.16. The normalized spacial score (nSPS) is 15.3. The summed E-state index contributed by atoms with van der Waals surface area (Å²) in [4.78, 5) is 6.71. The molecular formula is C19H27IN4OS. The summed E-state index contributed by atoms with van der Waals surface area (Å²) >= 11 is 1.71. The molecule has 0 atom stereocenters. The Morgan fingerprint density at radius 3 is 2.31 bits per heavy atom. The summed E-state index contributed by atoms with van der Waals surface area (Å²) in [6.45, 7) is 6.30. The van der Waals surface area contributed by atoms with Crippen LogP contribution in [0.5, 0.6) is 0 Å². The van der Waals surface area contributed by atoms with Crippen LogP contribution in [0.3, 0.4) is 0 Å². The third-order valence-electron chi connectivity index (χ3n) is 4.26. The monoisotopic (exact) mass is 486 g/mol. The third-order valence-corrected chi connectivity index (χ3v) is 4.99. The zero-order valence-corrected chi connectivity index (χ0v) is 18.3. The molecule has 1 aromatic carbocycles. The smallest absolute Gasteiger partial charge is 0.191 e. The van der Waals surface area contributed by atoms with Gasteiger partial charge < -0.3 is 15.4 Å². The number of thiophene rings is 1. The third kappa shape index (κ3) is 6.86. The molecule has 0 spiro atoms. The van der Waals surface area contributed by atoms with E-state index in [9.17, 15) is 0 Å². The average Bonchev–Trinajstić information content (AvgIpc) is 3.18. The molecule has 26 heavy (non-hydrogen) atoms. The molecule has 3 rings (SSSR count). The topological polar surface area (TPSA) is 48.9 Å². The maximum atomic E-state index is 5.40. The molecule has 0 saturated carbocycles. The van der Waals surface area contributed by atoms with Crippen molar-refractivity contribution in [1.82, 2.24) is 15.5 Å². The predicted octanol–water partition coefficient (Wildman–Crippen LogP) is 3.06. The Kier molecular flexibility index (Phi) is 9.38. The summed E-state index contributed by atoms with van der Waals surface area (Å²) in [5.41, 5.74) is 3.88. The van der Waals surface area contributed by atoms with E-state index in [4.69, 9.17) is 4.74 Å². The lowest BCUT2D eigenvalue weighted by Gasteiger charge is -2.26. The minimum absolute atomic E-state index is 0. The number of guanidine groups is 1. The average molecular weight is 486 g/mol. The van der Waals surface area contributed by atoms with Crippen molar-refractivity contribution in [2.75, 3.05) is 33.4 Å². The second-order valence-corrected chi connectivity index (χ2v) is 6.90. The molecule has 7 heteroatoms. The molecule has 1 aliphatic rings. The lowest BCUT2D eigenvalue weighted by molar-refractivity contribution is 0.0342. The highest BCUT2D eigenvalue weighted by molar-refractivity contribution is 14.0. The highest BCUT2D eigenvalue weighted by Gasteiger charge is 2.10. The second kappa shape index (κ2) is 11.5. The van der Waals surface area contributed by atoms with Crippen LogP contribution in [0.15, 0.2) is 46.1 Å². The quantitative estimate of drug-likeness (QED) is 0.375. The lowest BCUT2D eigenvalue weighted by atomic mass is 10.1. The van der Waals surface area contributed by atoms with Crippen LogP contribution in [-0.4, -0.2) is 44.2 Å². The number of aliphatic imine (C=N–C) groups is 1. The number of nitrogens with one attached hydrogen (secondary N) is 2. The molecule has 142 valence electrons. The summed E-state index contributed by atoms with van der Waals surface area (Å²) in [7, 11) is 1.80. The van der Waals surface area contributed by atoms with Gasteiger partial charge in [-0.25, -0.2) is 0 Å². The fourth-order valence-corrected chi connectivity index (χ4v) is 3.43. The molecule has 1 fully saturated rings. The molecule has 2 N–H and O–H groups in total. The van der Waals surface area contributed by atoms with E-state index >= 15 is 0 Å². The Labute approximate surface area is 176 Å². The van der Waals surface area contributed by atoms with Crippen LogP contribution in [0.4, 0.5) is 0 Å². The number of hydrogen-bond acceptors (Lipinski definition) is 4. The minimum Gasteiger partial charge on any atom is -0.379 e. The standard InChI is InChI=1S/C19H26N4OS.HI/c1-20-19(22-13-18-6-11-25-15-18)21-12-16-2-4-17(5-3-16)14-23-7-9-24-10-8-23;/h2-6,11,15H,7-10,12-14H2,1H3,(H2,20,21,22);1H. The minimum atomic E-state index is 0. The molecule has 0 aliphatic carbocycles. The van der Waals surface area contributed by atoms with Gasteiger partial charge in [0.25, 0.3) is 0 Å². The van der Waals surface area contributed by atoms with Gasteiger partial charge in [-0.15, -0.1) is 24.0 Å². The van der Waals surface area contributed by atoms with Gasteiger partial charge in [-0.1, -0.05) is 24.3 Å². The largest absolute Gasteiger partial charge is 0.379 e. The first kappa shape index (κ1) is 21.1. The van der Waals surface area contributed by atoms with Gasteiger partial charge in [0.1, 0.15) is 0 Å². The Morgan fingerprint density at radius 2 is 1.69 bits per heavy atom. The highest BCUT2D eigenvalue weighted by Crippen LogP contribution is 2.09. The maximum Gasteiger partial charge on any atom is 0.191 e. The number of benzene rings is 1. The van der Waals surface area contributed by atoms with Crippen LogP contribution in [0.1, 0.15) is 16.7 Å². The van der Waals surface area contributed by atoms with Gasteiger partial charge in [0.2, 0.25) is 0 Å². The van der Waals surface area contributed by atoms with Crippen LogP contribution in [0.2, 0.25) is 0 Å². The zero-order chi connectivity index (χ0) is 17.3. The summed E-state index contributed by atoms with van der Waals surface area (Å²) in [5.74, 6) is 0.823. The molecule has 5 nitrogen and oxygen atoms in total. The van der Waals surface area contributed by atoms with Crippen molar-refractivity contribution in [3.05, 3.63) is 57.8 Å². The van der Waals surface area contributed by atoms with Gasteiger partial charge in [0.15, 0.2) is 5.96 Å². The van der Waals surface area contributed by atoms with Crippen LogP contribution < -0.4 is 10.6 Å². The molecule has 1 saturated heterocycles. The molecule has 2 heterocycles. The fourth-order valence-electron chi connectivity index (χ4n) is 2.77. The van der Waals surface area contributed by atoms with Crippen LogP contribution in [-0.2, 0) is 24.4 Å². The Morgan fingerprint density at radius 1 is 1.04 bits per heavy atom. The van der Waals surface area contributed by atoms with E-state index < -0.39 is 0 Å². The van der Waals surface area contributed by atoms with Gasteiger partial charge in [0.05, 0.1) is 13.2 Å². The number of ether oxygens (including phenoxy) is 1. The lowest BCUT2D eigenvalue weighted by Crippen LogP contribution is -2.36. The molecule has 1 aromatic heterocycles. The molecule has 0 amide bonds. The van der Waals surface area contributed by atoms with Crippen LogP contribution in [0.25, 0.3) is 0 Å². The van der Waals surface area contributed by atoms with Crippen molar-refractivity contribution in [3.63, 3.8) is 0 Å². The van der Waals surface area contributed by atoms with E-state index in [1.807, 2.05) is 0 Å². The summed E-state index contributed by atoms with van der Waals surface area (Å²) < 4.78 is 5.40. The Balaban J connectivity index is 0.00000243. The van der Waals surface area contributed by atoms with E-state index in [1.165, 1.54) is 16.7 Å². The van der Waals surface area contributed by atoms with E-state index in [2.05, 4.69) is 61.6 Å². The van der Waals surface area contributed by atoms with E-state index in [0.717, 1.165) is 51.9 Å². The molecule has 1 aliphatic heterocycles. The van der Waals surface area contributed by atoms with Gasteiger partial charge >= 0.3 is 0 Å². The number of halogens is 1. The van der Waals surface area contributed by atoms with Crippen molar-refractivity contribution < 1.29 is 4.74 Å². The Bertz CT molecular complexity index is 655. The summed E-state index contributed by atoms with van der Waals surface area (Å²) in [6, 6.07) is 10.9. The summed E-state index contributed by atoms with van der Waals surface area (Å²) in [5, 5.41) is 10.9. The molecule has 0 radical (unpaired) electrons. The SMILES string of the molecule is CN=C(NCc1ccc(CN2CCOCC2)cc1)NCc1ccsc1.I. The molecular weight excluding hydrogens is 459 g/mol. The maximum absolute atomic E-state index is 5.40. The predicted molar refractivity (Wildman–Crippen MR) is 119 cm³/mol. The van der Waals surface area contributed by atoms with Crippen molar-refractivity contribution in [3.8, 4) is 0 Å². The van der Waals surface area contributed by atoms with Gasteiger partial charge in [0, 0.05) is 39.8 Å². The molecule has 0 unspecified atom stereocenters. The van der Waals surface area contributed by atoms with Crippen molar-refractivity contribution in [2.24, 2.45) is 4.99 Å². The van der Waals surface area contributed by atoms with E-state index in [1.54, 1.807) is 18.4 Å². The fraction of sp³-hybridized carbons (Fsp3) is 0.421.